The van der Waals surface area contributed by atoms with E-state index in [-0.39, 0.29) is 19.0 Å². The number of hydrogen-bond acceptors (Lipinski definition) is 5. The summed E-state index contributed by atoms with van der Waals surface area (Å²) in [4.78, 5) is 25.3. The van der Waals surface area contributed by atoms with Crippen molar-refractivity contribution < 1.29 is 24.2 Å². The molecule has 0 saturated heterocycles. The molecule has 2 aromatic carbocycles. The molecule has 8 nitrogen and oxygen atoms in total. The van der Waals surface area contributed by atoms with E-state index < -0.39 is 11.9 Å². The van der Waals surface area contributed by atoms with Crippen molar-refractivity contribution in [1.82, 2.24) is 14.1 Å². The highest BCUT2D eigenvalue weighted by atomic mass is 16.5. The topological polar surface area (TPSA) is 86.6 Å². The van der Waals surface area contributed by atoms with E-state index in [0.29, 0.717) is 23.2 Å². The summed E-state index contributed by atoms with van der Waals surface area (Å²) in [6, 6.07) is 12.3. The van der Waals surface area contributed by atoms with Crippen molar-refractivity contribution in [2.24, 2.45) is 0 Å². The van der Waals surface area contributed by atoms with Crippen LogP contribution in [0.2, 0.25) is 0 Å². The zero-order chi connectivity index (χ0) is 19.8. The molecule has 28 heavy (non-hydrogen) atoms. The van der Waals surface area contributed by atoms with Crippen LogP contribution >= 0.6 is 0 Å². The number of benzene rings is 2. The Bertz CT molecular complexity index is 1180. The summed E-state index contributed by atoms with van der Waals surface area (Å²) in [5, 5.41) is 10.0. The molecular weight excluding hydrogens is 362 g/mol. The summed E-state index contributed by atoms with van der Waals surface area (Å²) in [5.74, 6) is -0.719. The van der Waals surface area contributed by atoms with Crippen molar-refractivity contribution in [3.8, 4) is 11.4 Å². The van der Waals surface area contributed by atoms with Crippen molar-refractivity contribution in [2.75, 3.05) is 13.2 Å². The Kier molecular flexibility index (Phi) is 4.31. The monoisotopic (exact) mass is 381 g/mol. The molecule has 0 bridgehead atoms. The average Bonchev–Trinajstić information content (AvgIpc) is 3.34. The van der Waals surface area contributed by atoms with E-state index in [4.69, 9.17) is 9.47 Å². The third-order valence-corrected chi connectivity index (χ3v) is 4.35. The summed E-state index contributed by atoms with van der Waals surface area (Å²) in [6.07, 6.45) is 0.413. The lowest BCUT2D eigenvalue weighted by atomic mass is 10.2. The third kappa shape index (κ3) is 2.98. The molecule has 2 heterocycles. The fourth-order valence-electron chi connectivity index (χ4n) is 2.90. The van der Waals surface area contributed by atoms with E-state index in [0.717, 1.165) is 11.0 Å². The van der Waals surface area contributed by atoms with Gasteiger partial charge < -0.3 is 14.6 Å². The lowest BCUT2D eigenvalue weighted by Crippen LogP contribution is -2.11. The lowest BCUT2D eigenvalue weighted by Gasteiger charge is -2.07. The standard InChI is InChI=1S/C20H19N3O5/c1-13(2)19(25)27-10-5-11-28-20(26)14-8-9-15-17(12-14)23-21(15)22(23)16-6-3-4-7-18(16)24/h3-4,6-9,12,24H,1,5,10-11H2,2H3. The van der Waals surface area contributed by atoms with E-state index in [1.807, 2.05) is 32.3 Å². The largest absolute Gasteiger partial charge is 0.506 e. The van der Waals surface area contributed by atoms with Crippen LogP contribution in [0.5, 0.6) is 5.75 Å². The van der Waals surface area contributed by atoms with Gasteiger partial charge in [0.25, 0.3) is 0 Å². The van der Waals surface area contributed by atoms with Crippen LogP contribution in [0.15, 0.2) is 54.6 Å². The van der Waals surface area contributed by atoms with Crippen LogP contribution in [0.4, 0.5) is 0 Å². The minimum Gasteiger partial charge on any atom is -0.506 e. The molecule has 4 rings (SSSR count). The van der Waals surface area contributed by atoms with Gasteiger partial charge in [0.1, 0.15) is 22.5 Å². The SMILES string of the molecule is C=C(C)C(=O)OCCCOC(=O)c1ccc2c(c1)n1n(-c3ccccc3O)n21. The number of phenols is 1. The molecule has 0 fully saturated rings. The normalized spacial score (nSPS) is 11.3. The van der Waals surface area contributed by atoms with Gasteiger partial charge in [0.2, 0.25) is 0 Å². The molecule has 0 amide bonds. The van der Waals surface area contributed by atoms with Crippen LogP contribution in [0.3, 0.4) is 0 Å². The fraction of sp³-hybridized carbons (Fsp3) is 0.200. The predicted molar refractivity (Wildman–Crippen MR) is 101 cm³/mol. The number of hydrogen-bond donors (Lipinski definition) is 1. The van der Waals surface area contributed by atoms with Gasteiger partial charge in [0, 0.05) is 12.0 Å². The van der Waals surface area contributed by atoms with Crippen LogP contribution in [0.25, 0.3) is 16.7 Å². The van der Waals surface area contributed by atoms with Crippen LogP contribution in [0.1, 0.15) is 23.7 Å². The number of carbonyl (C=O) groups excluding carboxylic acids is 2. The minimum absolute atomic E-state index is 0.152. The van der Waals surface area contributed by atoms with E-state index in [9.17, 15) is 14.7 Å². The zero-order valence-electron chi connectivity index (χ0n) is 15.3. The zero-order valence-corrected chi connectivity index (χ0v) is 15.3. The number of aromatic nitrogens is 3. The summed E-state index contributed by atoms with van der Waals surface area (Å²) >= 11 is 0. The summed E-state index contributed by atoms with van der Waals surface area (Å²) < 4.78 is 13.9. The van der Waals surface area contributed by atoms with Gasteiger partial charge in [-0.1, -0.05) is 18.7 Å². The predicted octanol–water partition coefficient (Wildman–Crippen LogP) is 2.79. The first-order valence-electron chi connectivity index (χ1n) is 8.81. The maximum atomic E-state index is 12.2. The first kappa shape index (κ1) is 17.7. The Morgan fingerprint density at radius 1 is 1.04 bits per heavy atom. The lowest BCUT2D eigenvalue weighted by molar-refractivity contribution is -0.139. The van der Waals surface area contributed by atoms with Crippen molar-refractivity contribution in [1.29, 1.82) is 0 Å². The Morgan fingerprint density at radius 2 is 1.75 bits per heavy atom. The smallest absolute Gasteiger partial charge is 0.338 e. The van der Waals surface area contributed by atoms with Crippen LogP contribution < -0.4 is 0 Å². The molecule has 0 aliphatic heterocycles. The van der Waals surface area contributed by atoms with Gasteiger partial charge in [-0.3, -0.25) is 0 Å². The summed E-state index contributed by atoms with van der Waals surface area (Å²) in [5.41, 5.74) is 3.22. The molecule has 4 aromatic rings. The number of para-hydroxylation sites is 2. The first-order chi connectivity index (χ1) is 13.5. The van der Waals surface area contributed by atoms with Gasteiger partial charge in [-0.15, -0.1) is 14.1 Å². The molecular formula is C20H19N3O5. The minimum atomic E-state index is -0.453. The van der Waals surface area contributed by atoms with E-state index in [1.54, 1.807) is 31.2 Å². The van der Waals surface area contributed by atoms with Crippen molar-refractivity contribution in [2.45, 2.75) is 13.3 Å². The molecule has 2 aromatic heterocycles. The number of fused-ring (bicyclic) bond motifs is 4. The molecule has 144 valence electrons. The van der Waals surface area contributed by atoms with Crippen LogP contribution in [-0.2, 0) is 14.3 Å². The summed E-state index contributed by atoms with van der Waals surface area (Å²) in [7, 11) is 0. The Labute approximate surface area is 160 Å². The van der Waals surface area contributed by atoms with Gasteiger partial charge in [0.15, 0.2) is 0 Å². The van der Waals surface area contributed by atoms with Gasteiger partial charge >= 0.3 is 11.9 Å². The van der Waals surface area contributed by atoms with E-state index in [1.165, 1.54) is 0 Å². The van der Waals surface area contributed by atoms with Crippen LogP contribution in [0, 0.1) is 0 Å². The maximum Gasteiger partial charge on any atom is 0.338 e. The van der Waals surface area contributed by atoms with Gasteiger partial charge in [0.05, 0.1) is 18.8 Å². The molecule has 0 atom stereocenters. The number of ether oxygens (including phenoxy) is 2. The fourth-order valence-corrected chi connectivity index (χ4v) is 2.90. The second-order valence-corrected chi connectivity index (χ2v) is 6.47. The van der Waals surface area contributed by atoms with Gasteiger partial charge in [-0.2, -0.15) is 0 Å². The number of esters is 2. The molecule has 0 spiro atoms. The van der Waals surface area contributed by atoms with Crippen molar-refractivity contribution in [3.05, 3.63) is 60.2 Å². The van der Waals surface area contributed by atoms with Crippen molar-refractivity contribution >= 4 is 23.0 Å². The van der Waals surface area contributed by atoms with Crippen LogP contribution in [-0.4, -0.2) is 44.3 Å². The third-order valence-electron chi connectivity index (χ3n) is 4.35. The summed E-state index contributed by atoms with van der Waals surface area (Å²) in [6.45, 7) is 5.39. The Morgan fingerprint density at radius 3 is 2.50 bits per heavy atom. The molecule has 1 N–H and O–H groups in total. The van der Waals surface area contributed by atoms with Gasteiger partial charge in [-0.25, -0.2) is 9.59 Å². The molecule has 0 aliphatic rings. The first-order valence-corrected chi connectivity index (χ1v) is 8.81. The molecule has 0 aliphatic carbocycles. The van der Waals surface area contributed by atoms with E-state index in [2.05, 4.69) is 6.58 Å². The maximum absolute atomic E-state index is 12.2. The number of aromatic hydroxyl groups is 1. The quantitative estimate of drug-likeness (QED) is 0.302. The highest BCUT2D eigenvalue weighted by Crippen LogP contribution is 2.30. The number of carbonyl (C=O) groups is 2. The number of rotatable bonds is 7. The second kappa shape index (κ2) is 6.80. The number of phenolic OH excluding ortho intramolecular Hbond substituents is 1. The molecule has 8 heteroatoms. The van der Waals surface area contributed by atoms with Gasteiger partial charge in [-0.05, 0) is 37.3 Å². The Hall–Kier alpha value is -3.68. The molecule has 0 radical (unpaired) electrons. The van der Waals surface area contributed by atoms with E-state index >= 15 is 0 Å². The van der Waals surface area contributed by atoms with Crippen molar-refractivity contribution in [3.63, 3.8) is 0 Å². The average molecular weight is 381 g/mol. The second-order valence-electron chi connectivity index (χ2n) is 6.47. The number of nitrogens with zero attached hydrogens (tertiary/aromatic N) is 3. The molecule has 0 unspecified atom stereocenters. The highest BCUT2D eigenvalue weighted by molar-refractivity contribution is 5.94. The Balaban J connectivity index is 1.39. The molecule has 0 saturated carbocycles. The highest BCUT2D eigenvalue weighted by Gasteiger charge is 2.26.